The van der Waals surface area contributed by atoms with E-state index in [4.69, 9.17) is 23.9 Å². The Morgan fingerprint density at radius 1 is 1.04 bits per heavy atom. The Morgan fingerprint density at radius 3 is 2.32 bits per heavy atom. The van der Waals surface area contributed by atoms with Gasteiger partial charge < -0.3 is 29.0 Å². The highest BCUT2D eigenvalue weighted by molar-refractivity contribution is 5.88. The monoisotopic (exact) mass is 688 g/mol. The Labute approximate surface area is 296 Å². The molecule has 50 heavy (non-hydrogen) atoms. The molecule has 1 saturated carbocycles. The SMILES string of the molecule is Cc1nc(COCC2CCOCC2)c(-c2ccc(OCCc3ccc(F)cc3)cc2)c(N2CCC3(CCC3)CC2)c1[C@H](OC(C)(C)C)C(=O)O. The maximum absolute atomic E-state index is 13.4. The van der Waals surface area contributed by atoms with Gasteiger partial charge in [0.2, 0.25) is 0 Å². The van der Waals surface area contributed by atoms with Crippen molar-refractivity contribution in [2.24, 2.45) is 11.3 Å². The molecule has 0 radical (unpaired) electrons. The second-order valence-corrected chi connectivity index (χ2v) is 15.4. The number of piperidine rings is 1. The van der Waals surface area contributed by atoms with Crippen molar-refractivity contribution in [3.8, 4) is 16.9 Å². The second-order valence-electron chi connectivity index (χ2n) is 15.4. The molecule has 1 aliphatic carbocycles. The molecule has 1 N–H and O–H groups in total. The van der Waals surface area contributed by atoms with E-state index in [0.29, 0.717) is 48.8 Å². The van der Waals surface area contributed by atoms with Gasteiger partial charge in [0, 0.05) is 49.5 Å². The van der Waals surface area contributed by atoms with Gasteiger partial charge in [-0.05, 0) is 113 Å². The van der Waals surface area contributed by atoms with Crippen molar-refractivity contribution in [2.75, 3.05) is 44.4 Å². The Morgan fingerprint density at radius 2 is 1.72 bits per heavy atom. The van der Waals surface area contributed by atoms with E-state index in [1.54, 1.807) is 12.1 Å². The summed E-state index contributed by atoms with van der Waals surface area (Å²) in [6, 6.07) is 14.5. The third-order valence-electron chi connectivity index (χ3n) is 10.6. The fourth-order valence-electron chi connectivity index (χ4n) is 7.67. The number of rotatable bonds is 13. The van der Waals surface area contributed by atoms with Crippen LogP contribution in [0.3, 0.4) is 0 Å². The molecule has 3 heterocycles. The Balaban J connectivity index is 1.37. The van der Waals surface area contributed by atoms with Crippen LogP contribution in [-0.2, 0) is 32.0 Å². The molecule has 8 nitrogen and oxygen atoms in total. The molecule has 2 saturated heterocycles. The minimum atomic E-state index is -1.19. The Kier molecular flexibility index (Phi) is 11.5. The highest BCUT2D eigenvalue weighted by Gasteiger charge is 2.42. The zero-order chi connectivity index (χ0) is 35.3. The zero-order valence-corrected chi connectivity index (χ0v) is 30.1. The normalized spacial score (nSPS) is 18.5. The van der Waals surface area contributed by atoms with Crippen LogP contribution in [-0.4, -0.2) is 61.2 Å². The number of nitrogens with zero attached hydrogens (tertiary/aromatic N) is 2. The summed E-state index contributed by atoms with van der Waals surface area (Å²) >= 11 is 0. The number of ether oxygens (including phenoxy) is 4. The molecule has 6 rings (SSSR count). The molecule has 2 aromatic carbocycles. The van der Waals surface area contributed by atoms with Crippen LogP contribution in [0.4, 0.5) is 10.1 Å². The number of pyridine rings is 1. The number of halogens is 1. The van der Waals surface area contributed by atoms with Gasteiger partial charge in [0.05, 0.1) is 36.8 Å². The van der Waals surface area contributed by atoms with Crippen LogP contribution in [0.1, 0.15) is 94.3 Å². The summed E-state index contributed by atoms with van der Waals surface area (Å²) in [6.45, 7) is 12.2. The van der Waals surface area contributed by atoms with Gasteiger partial charge in [-0.1, -0.05) is 30.7 Å². The van der Waals surface area contributed by atoms with Crippen LogP contribution >= 0.6 is 0 Å². The number of hydrogen-bond acceptors (Lipinski definition) is 7. The molecule has 0 unspecified atom stereocenters. The van der Waals surface area contributed by atoms with Crippen molar-refractivity contribution < 1.29 is 33.2 Å². The van der Waals surface area contributed by atoms with E-state index in [-0.39, 0.29) is 5.82 Å². The number of carboxylic acids is 1. The first-order chi connectivity index (χ1) is 24.0. The van der Waals surface area contributed by atoms with E-state index in [1.165, 1.54) is 31.4 Å². The predicted octanol–water partition coefficient (Wildman–Crippen LogP) is 8.47. The number of aliphatic carboxylic acids is 1. The first kappa shape index (κ1) is 36.3. The van der Waals surface area contributed by atoms with Crippen LogP contribution in [0.15, 0.2) is 48.5 Å². The quantitative estimate of drug-likeness (QED) is 0.191. The van der Waals surface area contributed by atoms with Gasteiger partial charge >= 0.3 is 5.97 Å². The van der Waals surface area contributed by atoms with Crippen molar-refractivity contribution in [3.63, 3.8) is 0 Å². The van der Waals surface area contributed by atoms with E-state index in [1.807, 2.05) is 52.0 Å². The van der Waals surface area contributed by atoms with Crippen molar-refractivity contribution in [3.05, 3.63) is 76.9 Å². The fourth-order valence-corrected chi connectivity index (χ4v) is 7.67. The molecular weight excluding hydrogens is 635 g/mol. The largest absolute Gasteiger partial charge is 0.493 e. The van der Waals surface area contributed by atoms with E-state index in [9.17, 15) is 14.3 Å². The molecule has 1 atom stereocenters. The van der Waals surface area contributed by atoms with Gasteiger partial charge in [-0.3, -0.25) is 4.98 Å². The predicted molar refractivity (Wildman–Crippen MR) is 192 cm³/mol. The number of benzene rings is 2. The third kappa shape index (κ3) is 8.85. The van der Waals surface area contributed by atoms with E-state index in [0.717, 1.165) is 85.8 Å². The smallest absolute Gasteiger partial charge is 0.337 e. The summed E-state index contributed by atoms with van der Waals surface area (Å²) < 4.78 is 37.7. The molecule has 0 bridgehead atoms. The van der Waals surface area contributed by atoms with Crippen molar-refractivity contribution >= 4 is 11.7 Å². The van der Waals surface area contributed by atoms with Crippen LogP contribution in [0.5, 0.6) is 5.75 Å². The van der Waals surface area contributed by atoms with Gasteiger partial charge in [-0.15, -0.1) is 0 Å². The topological polar surface area (TPSA) is 90.4 Å². The lowest BCUT2D eigenvalue weighted by Gasteiger charge is -2.49. The first-order valence-corrected chi connectivity index (χ1v) is 18.3. The average molecular weight is 689 g/mol. The highest BCUT2D eigenvalue weighted by atomic mass is 19.1. The van der Waals surface area contributed by atoms with Gasteiger partial charge in [0.25, 0.3) is 0 Å². The zero-order valence-electron chi connectivity index (χ0n) is 30.1. The van der Waals surface area contributed by atoms with Crippen molar-refractivity contribution in [2.45, 2.75) is 97.4 Å². The Bertz CT molecular complexity index is 1580. The number of hydrogen-bond donors (Lipinski definition) is 1. The summed E-state index contributed by atoms with van der Waals surface area (Å²) in [6.07, 6.45) is 7.43. The lowest BCUT2D eigenvalue weighted by atomic mass is 9.63. The summed E-state index contributed by atoms with van der Waals surface area (Å²) in [5.74, 6) is -0.119. The molecule has 2 aliphatic heterocycles. The number of aromatic nitrogens is 1. The summed E-state index contributed by atoms with van der Waals surface area (Å²) in [4.78, 5) is 20.5. The number of aryl methyl sites for hydroxylation is 1. The molecule has 3 aromatic rings. The first-order valence-electron chi connectivity index (χ1n) is 18.3. The molecule has 3 aliphatic rings. The minimum absolute atomic E-state index is 0.251. The number of anilines is 1. The highest BCUT2D eigenvalue weighted by Crippen LogP contribution is 2.51. The van der Waals surface area contributed by atoms with E-state index < -0.39 is 17.7 Å². The molecule has 1 aromatic heterocycles. The minimum Gasteiger partial charge on any atom is -0.493 e. The lowest BCUT2D eigenvalue weighted by molar-refractivity contribution is -0.160. The van der Waals surface area contributed by atoms with Crippen LogP contribution in [0, 0.1) is 24.1 Å². The summed E-state index contributed by atoms with van der Waals surface area (Å²) in [5, 5.41) is 10.7. The second kappa shape index (κ2) is 15.8. The third-order valence-corrected chi connectivity index (χ3v) is 10.6. The molecule has 270 valence electrons. The molecule has 1 spiro atoms. The average Bonchev–Trinajstić information content (AvgIpc) is 3.08. The van der Waals surface area contributed by atoms with Crippen molar-refractivity contribution in [1.29, 1.82) is 0 Å². The lowest BCUT2D eigenvalue weighted by Crippen LogP contribution is -2.44. The number of carboxylic acid groups (broad SMARTS) is 1. The van der Waals surface area contributed by atoms with Crippen LogP contribution in [0.2, 0.25) is 0 Å². The maximum atomic E-state index is 13.4. The fraction of sp³-hybridized carbons (Fsp3) is 0.561. The van der Waals surface area contributed by atoms with Crippen LogP contribution < -0.4 is 9.64 Å². The Hall–Kier alpha value is -3.53. The summed E-state index contributed by atoms with van der Waals surface area (Å²) in [5.41, 5.74) is 5.48. The summed E-state index contributed by atoms with van der Waals surface area (Å²) in [7, 11) is 0. The van der Waals surface area contributed by atoms with Crippen molar-refractivity contribution in [1.82, 2.24) is 4.98 Å². The van der Waals surface area contributed by atoms with Gasteiger partial charge in [-0.25, -0.2) is 9.18 Å². The molecule has 3 fully saturated rings. The standard InChI is InChI=1S/C41H53FN2O6/c1-28-35(38(39(45)46)50-40(2,3)4)37(44-21-19-41(20-22-44)17-5-18-41)36(34(43-28)27-48-26-30-14-23-47-24-15-30)31-8-12-33(13-9-31)49-25-16-29-6-10-32(42)11-7-29/h6-13,30,38H,5,14-27H2,1-4H3,(H,45,46)/t38-/m0/s1. The van der Waals surface area contributed by atoms with Gasteiger partial charge in [0.1, 0.15) is 11.6 Å². The van der Waals surface area contributed by atoms with Gasteiger partial charge in [0.15, 0.2) is 6.10 Å². The van der Waals surface area contributed by atoms with E-state index in [2.05, 4.69) is 4.90 Å². The van der Waals surface area contributed by atoms with Crippen LogP contribution in [0.25, 0.3) is 11.1 Å². The molecular formula is C41H53FN2O6. The number of carbonyl (C=O) groups is 1. The molecule has 0 amide bonds. The molecule has 9 heteroatoms. The van der Waals surface area contributed by atoms with E-state index >= 15 is 0 Å². The maximum Gasteiger partial charge on any atom is 0.337 e. The van der Waals surface area contributed by atoms with Gasteiger partial charge in [-0.2, -0.15) is 0 Å².